The SMILES string of the molecule is CCC/C=C\C/C=C\CCCCCCCC(=O)OCCCCCCCCCCC/C=C\C/C=C\CCCCCCCCCCCCCC(=O)NC(CO)C(O)/C=C/CCCCCCCCCCCCCCC. The van der Waals surface area contributed by atoms with Crippen LogP contribution in [0.3, 0.4) is 0 Å². The molecule has 2 unspecified atom stereocenters. The molecule has 420 valence electrons. The molecule has 0 saturated carbocycles. The van der Waals surface area contributed by atoms with Gasteiger partial charge in [0.1, 0.15) is 0 Å². The third-order valence-electron chi connectivity index (χ3n) is 14.2. The highest BCUT2D eigenvalue weighted by molar-refractivity contribution is 5.76. The second-order valence-electron chi connectivity index (χ2n) is 21.4. The molecular weight excluding hydrogens is 887 g/mol. The standard InChI is InChI=1S/C66H121NO5/c1-3-5-7-9-11-13-15-17-31-35-38-42-46-50-54-58-64(69)63(62-68)67-65(70)59-55-51-47-43-39-36-32-29-27-25-23-21-19-18-20-22-24-26-28-30-33-37-41-45-49-53-57-61-72-66(71)60-56-52-48-44-40-34-16-14-12-10-8-6-4-2/h8,10,14,16,18-19,22,24,54,58,63-64,68-69H,3-7,9,11-13,15,17,20-21,23,25-53,55-57,59-62H2,1-2H3,(H,67,70)/b10-8-,16-14-,19-18-,24-22-,58-54+. The molecule has 0 saturated heterocycles. The molecule has 0 fully saturated rings. The summed E-state index contributed by atoms with van der Waals surface area (Å²) in [4.78, 5) is 24.5. The van der Waals surface area contributed by atoms with Crippen molar-refractivity contribution < 1.29 is 24.5 Å². The van der Waals surface area contributed by atoms with E-state index in [0.717, 1.165) is 57.8 Å². The summed E-state index contributed by atoms with van der Waals surface area (Å²) < 4.78 is 5.46. The maximum absolute atomic E-state index is 12.5. The number of rotatable bonds is 58. The number of hydrogen-bond acceptors (Lipinski definition) is 5. The summed E-state index contributed by atoms with van der Waals surface area (Å²) >= 11 is 0. The van der Waals surface area contributed by atoms with Gasteiger partial charge in [-0.25, -0.2) is 0 Å². The molecule has 72 heavy (non-hydrogen) atoms. The molecule has 0 aliphatic rings. The predicted octanol–water partition coefficient (Wildman–Crippen LogP) is 19.9. The van der Waals surface area contributed by atoms with Gasteiger partial charge in [0.2, 0.25) is 5.91 Å². The van der Waals surface area contributed by atoms with Crippen LogP contribution in [0.5, 0.6) is 0 Å². The molecule has 0 bridgehead atoms. The van der Waals surface area contributed by atoms with Crippen LogP contribution in [0.15, 0.2) is 60.8 Å². The van der Waals surface area contributed by atoms with Crippen LogP contribution >= 0.6 is 0 Å². The number of aliphatic hydroxyl groups is 2. The number of allylic oxidation sites excluding steroid dienone is 9. The second-order valence-corrected chi connectivity index (χ2v) is 21.4. The smallest absolute Gasteiger partial charge is 0.305 e. The molecule has 1 amide bonds. The molecule has 0 aromatic heterocycles. The lowest BCUT2D eigenvalue weighted by atomic mass is 10.0. The summed E-state index contributed by atoms with van der Waals surface area (Å²) in [7, 11) is 0. The number of aliphatic hydroxyl groups excluding tert-OH is 2. The summed E-state index contributed by atoms with van der Waals surface area (Å²) in [6.45, 7) is 4.83. The van der Waals surface area contributed by atoms with Crippen molar-refractivity contribution in [3.8, 4) is 0 Å². The van der Waals surface area contributed by atoms with E-state index in [9.17, 15) is 19.8 Å². The van der Waals surface area contributed by atoms with Crippen molar-refractivity contribution >= 4 is 11.9 Å². The highest BCUT2D eigenvalue weighted by Crippen LogP contribution is 2.16. The van der Waals surface area contributed by atoms with Crippen LogP contribution in [0.4, 0.5) is 0 Å². The average Bonchev–Trinajstić information content (AvgIpc) is 3.38. The van der Waals surface area contributed by atoms with Gasteiger partial charge in [0.15, 0.2) is 0 Å². The molecule has 0 spiro atoms. The van der Waals surface area contributed by atoms with Gasteiger partial charge in [-0.3, -0.25) is 9.59 Å². The number of esters is 1. The quantitative estimate of drug-likeness (QED) is 0.0320. The molecule has 0 aromatic carbocycles. The van der Waals surface area contributed by atoms with Crippen LogP contribution in [0.2, 0.25) is 0 Å². The fraction of sp³-hybridized carbons (Fsp3) is 0.818. The van der Waals surface area contributed by atoms with E-state index < -0.39 is 12.1 Å². The van der Waals surface area contributed by atoms with E-state index in [2.05, 4.69) is 67.8 Å². The van der Waals surface area contributed by atoms with Crippen molar-refractivity contribution in [1.82, 2.24) is 5.32 Å². The first kappa shape index (κ1) is 69.6. The van der Waals surface area contributed by atoms with Crippen molar-refractivity contribution in [3.05, 3.63) is 60.8 Å². The first-order chi connectivity index (χ1) is 35.5. The molecule has 0 aliphatic carbocycles. The van der Waals surface area contributed by atoms with Gasteiger partial charge in [0.05, 0.1) is 25.4 Å². The molecular formula is C66H121NO5. The predicted molar refractivity (Wildman–Crippen MR) is 315 cm³/mol. The molecule has 3 N–H and O–H groups in total. The highest BCUT2D eigenvalue weighted by atomic mass is 16.5. The number of carbonyl (C=O) groups is 2. The Labute approximate surface area is 448 Å². The third-order valence-corrected chi connectivity index (χ3v) is 14.2. The van der Waals surface area contributed by atoms with Gasteiger partial charge in [0.25, 0.3) is 0 Å². The summed E-state index contributed by atoms with van der Waals surface area (Å²) in [6, 6.07) is -0.631. The molecule has 6 nitrogen and oxygen atoms in total. The minimum absolute atomic E-state index is 0.00575. The van der Waals surface area contributed by atoms with Crippen LogP contribution in [0, 0.1) is 0 Å². The van der Waals surface area contributed by atoms with E-state index in [1.54, 1.807) is 6.08 Å². The number of carbonyl (C=O) groups excluding carboxylic acids is 2. The van der Waals surface area contributed by atoms with Gasteiger partial charge in [-0.1, -0.05) is 280 Å². The topological polar surface area (TPSA) is 95.9 Å². The maximum atomic E-state index is 12.5. The van der Waals surface area contributed by atoms with E-state index in [1.165, 1.54) is 238 Å². The van der Waals surface area contributed by atoms with Gasteiger partial charge in [-0.15, -0.1) is 0 Å². The Morgan fingerprint density at radius 3 is 1.11 bits per heavy atom. The number of nitrogens with one attached hydrogen (secondary N) is 1. The Bertz CT molecular complexity index is 1250. The number of unbranched alkanes of at least 4 members (excludes halogenated alkanes) is 39. The summed E-state index contributed by atoms with van der Waals surface area (Å²) in [5, 5.41) is 23.1. The average molecular weight is 1010 g/mol. The van der Waals surface area contributed by atoms with Crippen LogP contribution in [-0.4, -0.2) is 47.4 Å². The lowest BCUT2D eigenvalue weighted by molar-refractivity contribution is -0.143. The molecule has 6 heteroatoms. The first-order valence-corrected chi connectivity index (χ1v) is 31.6. The highest BCUT2D eigenvalue weighted by Gasteiger charge is 2.18. The van der Waals surface area contributed by atoms with Crippen molar-refractivity contribution in [1.29, 1.82) is 0 Å². The van der Waals surface area contributed by atoms with Crippen molar-refractivity contribution in [2.75, 3.05) is 13.2 Å². The van der Waals surface area contributed by atoms with E-state index >= 15 is 0 Å². The van der Waals surface area contributed by atoms with Crippen LogP contribution in [-0.2, 0) is 14.3 Å². The Kier molecular flexibility index (Phi) is 59.0. The summed E-state index contributed by atoms with van der Waals surface area (Å²) in [5.74, 6) is -0.0766. The second kappa shape index (κ2) is 61.1. The fourth-order valence-corrected chi connectivity index (χ4v) is 9.41. The molecule has 0 aliphatic heterocycles. The van der Waals surface area contributed by atoms with E-state index in [-0.39, 0.29) is 18.5 Å². The maximum Gasteiger partial charge on any atom is 0.305 e. The number of ether oxygens (including phenoxy) is 1. The van der Waals surface area contributed by atoms with E-state index in [4.69, 9.17) is 4.74 Å². The Morgan fingerprint density at radius 1 is 0.389 bits per heavy atom. The lowest BCUT2D eigenvalue weighted by Gasteiger charge is -2.20. The zero-order valence-electron chi connectivity index (χ0n) is 47.9. The van der Waals surface area contributed by atoms with Crippen LogP contribution in [0.1, 0.15) is 322 Å². The Hall–Kier alpha value is -2.44. The van der Waals surface area contributed by atoms with Crippen LogP contribution < -0.4 is 5.32 Å². The van der Waals surface area contributed by atoms with Crippen molar-refractivity contribution in [3.63, 3.8) is 0 Å². The summed E-state index contributed by atoms with van der Waals surface area (Å²) in [6.07, 6.45) is 79.8. The third kappa shape index (κ3) is 56.8. The minimum atomic E-state index is -0.847. The van der Waals surface area contributed by atoms with Gasteiger partial charge in [-0.2, -0.15) is 0 Å². The fourth-order valence-electron chi connectivity index (χ4n) is 9.41. The van der Waals surface area contributed by atoms with Gasteiger partial charge < -0.3 is 20.3 Å². The number of hydrogen-bond donors (Lipinski definition) is 3. The van der Waals surface area contributed by atoms with E-state index in [1.807, 2.05) is 6.08 Å². The van der Waals surface area contributed by atoms with E-state index in [0.29, 0.717) is 19.4 Å². The minimum Gasteiger partial charge on any atom is -0.466 e. The van der Waals surface area contributed by atoms with Gasteiger partial charge in [0, 0.05) is 12.8 Å². The van der Waals surface area contributed by atoms with Crippen LogP contribution in [0.25, 0.3) is 0 Å². The molecule has 0 aromatic rings. The monoisotopic (exact) mass is 1010 g/mol. The molecule has 2 atom stereocenters. The molecule has 0 heterocycles. The number of amides is 1. The lowest BCUT2D eigenvalue weighted by Crippen LogP contribution is -2.45. The normalized spacial score (nSPS) is 13.0. The van der Waals surface area contributed by atoms with Crippen molar-refractivity contribution in [2.45, 2.75) is 334 Å². The Balaban J connectivity index is 3.45. The zero-order chi connectivity index (χ0) is 52.2. The Morgan fingerprint density at radius 2 is 0.722 bits per heavy atom. The first-order valence-electron chi connectivity index (χ1n) is 31.6. The molecule has 0 rings (SSSR count). The molecule has 0 radical (unpaired) electrons. The van der Waals surface area contributed by atoms with Crippen molar-refractivity contribution in [2.24, 2.45) is 0 Å². The van der Waals surface area contributed by atoms with Gasteiger partial charge in [-0.05, 0) is 89.9 Å². The van der Waals surface area contributed by atoms with Gasteiger partial charge >= 0.3 is 5.97 Å². The summed E-state index contributed by atoms with van der Waals surface area (Å²) in [5.41, 5.74) is 0. The largest absolute Gasteiger partial charge is 0.466 e. The zero-order valence-corrected chi connectivity index (χ0v) is 47.9.